The third-order valence-electron chi connectivity index (χ3n) is 2.53. The van der Waals surface area contributed by atoms with Gasteiger partial charge in [-0.05, 0) is 24.3 Å². The van der Waals surface area contributed by atoms with Crippen molar-refractivity contribution in [2.45, 2.75) is 4.90 Å². The molecule has 2 aliphatic rings. The summed E-state index contributed by atoms with van der Waals surface area (Å²) in [5.74, 6) is 0.0347. The van der Waals surface area contributed by atoms with E-state index in [4.69, 9.17) is 0 Å². The number of rotatable bonds is 0. The molecule has 16 heavy (non-hydrogen) atoms. The van der Waals surface area contributed by atoms with Gasteiger partial charge in [0.15, 0.2) is 0 Å². The molecule has 78 valence electrons. The highest BCUT2D eigenvalue weighted by Crippen LogP contribution is 2.32. The Morgan fingerprint density at radius 3 is 2.94 bits per heavy atom. The number of thioether (sulfide) groups is 1. The highest BCUT2D eigenvalue weighted by atomic mass is 32.2. The van der Waals surface area contributed by atoms with Gasteiger partial charge < -0.3 is 0 Å². The minimum atomic E-state index is 0.0347. The van der Waals surface area contributed by atoms with Gasteiger partial charge in [0, 0.05) is 16.5 Å². The predicted octanol–water partition coefficient (Wildman–Crippen LogP) is 3.16. The molecule has 2 aliphatic heterocycles. The second-order valence-corrected chi connectivity index (χ2v) is 4.44. The van der Waals surface area contributed by atoms with E-state index in [1.807, 2.05) is 47.9 Å². The van der Waals surface area contributed by atoms with Crippen LogP contribution in [0, 0.1) is 0 Å². The van der Waals surface area contributed by atoms with E-state index in [0.717, 1.165) is 16.2 Å². The van der Waals surface area contributed by atoms with E-state index in [1.165, 1.54) is 0 Å². The number of carbonyl (C=O) groups is 1. The zero-order chi connectivity index (χ0) is 11.0. The molecule has 3 rings (SSSR count). The van der Waals surface area contributed by atoms with Gasteiger partial charge in [0.25, 0.3) is 5.91 Å². The number of carbonyl (C=O) groups excluding carboxylic acids is 1. The molecule has 0 radical (unpaired) electrons. The summed E-state index contributed by atoms with van der Waals surface area (Å²) < 4.78 is 0. The Hall–Kier alpha value is -1.74. The van der Waals surface area contributed by atoms with Crippen LogP contribution in [0.15, 0.2) is 64.7 Å². The molecule has 0 unspecified atom stereocenters. The Balaban J connectivity index is 2.15. The molecule has 0 saturated carbocycles. The van der Waals surface area contributed by atoms with Crippen molar-refractivity contribution in [2.24, 2.45) is 0 Å². The standard InChI is InChI=1S/C13H9NOS/c15-13-11-6-1-2-7-12(11)16-9-10-5-3-4-8-14(10)13/h1-9H. The molecule has 0 spiro atoms. The third-order valence-corrected chi connectivity index (χ3v) is 3.50. The lowest BCUT2D eigenvalue weighted by molar-refractivity contribution is 0.0858. The maximum Gasteiger partial charge on any atom is 0.263 e. The fraction of sp³-hybridized carbons (Fsp3) is 0. The van der Waals surface area contributed by atoms with Crippen LogP contribution in [0.4, 0.5) is 0 Å². The molecule has 0 aromatic heterocycles. The normalized spacial score (nSPS) is 17.6. The summed E-state index contributed by atoms with van der Waals surface area (Å²) in [5, 5.41) is 2.00. The Bertz CT molecular complexity index is 543. The molecule has 3 heteroatoms. The van der Waals surface area contributed by atoms with Crippen LogP contribution in [0.2, 0.25) is 0 Å². The number of amides is 1. The number of fused-ring (bicyclic) bond motifs is 2. The molecule has 0 bridgehead atoms. The van der Waals surface area contributed by atoms with Crippen LogP contribution in [-0.4, -0.2) is 10.8 Å². The average Bonchev–Trinajstić information content (AvgIpc) is 2.49. The first kappa shape index (κ1) is 9.48. The minimum Gasteiger partial charge on any atom is -0.283 e. The van der Waals surface area contributed by atoms with Crippen LogP contribution in [0.1, 0.15) is 10.4 Å². The monoisotopic (exact) mass is 227 g/mol. The van der Waals surface area contributed by atoms with Gasteiger partial charge in [-0.25, -0.2) is 0 Å². The van der Waals surface area contributed by atoms with Crippen molar-refractivity contribution in [3.05, 3.63) is 65.4 Å². The highest BCUT2D eigenvalue weighted by Gasteiger charge is 2.22. The summed E-state index contributed by atoms with van der Waals surface area (Å²) in [6, 6.07) is 7.69. The Kier molecular flexibility index (Phi) is 2.18. The van der Waals surface area contributed by atoms with Crippen molar-refractivity contribution in [3.63, 3.8) is 0 Å². The minimum absolute atomic E-state index is 0.0347. The largest absolute Gasteiger partial charge is 0.283 e. The molecule has 2 heterocycles. The van der Waals surface area contributed by atoms with Gasteiger partial charge in [-0.2, -0.15) is 0 Å². The fourth-order valence-electron chi connectivity index (χ4n) is 1.74. The Labute approximate surface area is 97.9 Å². The van der Waals surface area contributed by atoms with Gasteiger partial charge in [0.1, 0.15) is 0 Å². The van der Waals surface area contributed by atoms with E-state index in [0.29, 0.717) is 0 Å². The Morgan fingerprint density at radius 2 is 2.00 bits per heavy atom. The lowest BCUT2D eigenvalue weighted by atomic mass is 10.2. The SMILES string of the molecule is O=C1c2ccccc2SC=C2C=CC=CN12. The second-order valence-electron chi connectivity index (χ2n) is 3.53. The molecule has 0 fully saturated rings. The molecule has 2 nitrogen and oxygen atoms in total. The van der Waals surface area contributed by atoms with E-state index >= 15 is 0 Å². The summed E-state index contributed by atoms with van der Waals surface area (Å²) in [6.07, 6.45) is 7.55. The van der Waals surface area contributed by atoms with E-state index in [9.17, 15) is 4.79 Å². The maximum absolute atomic E-state index is 12.3. The van der Waals surface area contributed by atoms with Crippen molar-refractivity contribution >= 4 is 17.7 Å². The van der Waals surface area contributed by atoms with Gasteiger partial charge in [-0.15, -0.1) is 0 Å². The number of hydrogen-bond donors (Lipinski definition) is 0. The van der Waals surface area contributed by atoms with Crippen LogP contribution in [0.25, 0.3) is 0 Å². The molecule has 0 N–H and O–H groups in total. The number of hydrogen-bond acceptors (Lipinski definition) is 2. The highest BCUT2D eigenvalue weighted by molar-refractivity contribution is 8.02. The number of allylic oxidation sites excluding steroid dienone is 3. The van der Waals surface area contributed by atoms with Crippen LogP contribution in [0.3, 0.4) is 0 Å². The quantitative estimate of drug-likeness (QED) is 0.678. The molecular formula is C13H9NOS. The first-order valence-corrected chi connectivity index (χ1v) is 5.88. The fourth-order valence-corrected chi connectivity index (χ4v) is 2.62. The van der Waals surface area contributed by atoms with Crippen LogP contribution < -0.4 is 0 Å². The summed E-state index contributed by atoms with van der Waals surface area (Å²) in [6.45, 7) is 0. The topological polar surface area (TPSA) is 20.3 Å². The van der Waals surface area contributed by atoms with E-state index in [-0.39, 0.29) is 5.91 Å². The van der Waals surface area contributed by atoms with Crippen molar-refractivity contribution in [1.29, 1.82) is 0 Å². The van der Waals surface area contributed by atoms with Crippen LogP contribution >= 0.6 is 11.8 Å². The molecular weight excluding hydrogens is 218 g/mol. The first-order chi connectivity index (χ1) is 7.86. The average molecular weight is 227 g/mol. The predicted molar refractivity (Wildman–Crippen MR) is 64.8 cm³/mol. The van der Waals surface area contributed by atoms with Crippen LogP contribution in [0.5, 0.6) is 0 Å². The lowest BCUT2D eigenvalue weighted by Gasteiger charge is -2.19. The summed E-state index contributed by atoms with van der Waals surface area (Å²) in [7, 11) is 0. The zero-order valence-corrected chi connectivity index (χ0v) is 9.28. The van der Waals surface area contributed by atoms with Gasteiger partial charge in [-0.3, -0.25) is 9.69 Å². The van der Waals surface area contributed by atoms with Crippen molar-refractivity contribution in [2.75, 3.05) is 0 Å². The smallest absolute Gasteiger partial charge is 0.263 e. The molecule has 1 aromatic rings. The van der Waals surface area contributed by atoms with Crippen molar-refractivity contribution in [1.82, 2.24) is 4.90 Å². The second kappa shape index (κ2) is 3.68. The number of nitrogens with zero attached hydrogens (tertiary/aromatic N) is 1. The molecule has 0 aliphatic carbocycles. The molecule has 1 amide bonds. The van der Waals surface area contributed by atoms with Gasteiger partial charge in [0.05, 0.1) is 11.3 Å². The lowest BCUT2D eigenvalue weighted by Crippen LogP contribution is -2.24. The van der Waals surface area contributed by atoms with Gasteiger partial charge in [-0.1, -0.05) is 30.0 Å². The van der Waals surface area contributed by atoms with Crippen LogP contribution in [-0.2, 0) is 0 Å². The number of benzene rings is 1. The maximum atomic E-state index is 12.3. The third kappa shape index (κ3) is 1.41. The summed E-state index contributed by atoms with van der Waals surface area (Å²) in [4.78, 5) is 14.9. The van der Waals surface area contributed by atoms with E-state index in [2.05, 4.69) is 0 Å². The molecule has 0 atom stereocenters. The summed E-state index contributed by atoms with van der Waals surface area (Å²) >= 11 is 1.59. The first-order valence-electron chi connectivity index (χ1n) is 5.00. The van der Waals surface area contributed by atoms with Gasteiger partial charge >= 0.3 is 0 Å². The van der Waals surface area contributed by atoms with Crippen molar-refractivity contribution in [3.8, 4) is 0 Å². The van der Waals surface area contributed by atoms with Gasteiger partial charge in [0.2, 0.25) is 0 Å². The zero-order valence-electron chi connectivity index (χ0n) is 8.46. The van der Waals surface area contributed by atoms with Crippen molar-refractivity contribution < 1.29 is 4.79 Å². The van der Waals surface area contributed by atoms with E-state index < -0.39 is 0 Å². The summed E-state index contributed by atoms with van der Waals surface area (Å²) in [5.41, 5.74) is 1.69. The molecule has 0 saturated heterocycles. The van der Waals surface area contributed by atoms with E-state index in [1.54, 1.807) is 22.9 Å². The Morgan fingerprint density at radius 1 is 1.12 bits per heavy atom. The molecule has 1 aromatic carbocycles.